The first-order valence-electron chi connectivity index (χ1n) is 9.93. The molecule has 3 rings (SSSR count). The van der Waals surface area contributed by atoms with Crippen LogP contribution in [0, 0.1) is 0 Å². The van der Waals surface area contributed by atoms with E-state index in [0.717, 1.165) is 23.3 Å². The van der Waals surface area contributed by atoms with Gasteiger partial charge in [0.25, 0.3) is 0 Å². The van der Waals surface area contributed by atoms with Gasteiger partial charge in [-0.2, -0.15) is 0 Å². The Morgan fingerprint density at radius 2 is 1.97 bits per heavy atom. The van der Waals surface area contributed by atoms with Crippen molar-refractivity contribution in [1.29, 1.82) is 0 Å². The zero-order valence-corrected chi connectivity index (χ0v) is 18.6. The lowest BCUT2D eigenvalue weighted by molar-refractivity contribution is -0.132. The van der Waals surface area contributed by atoms with Crippen LogP contribution in [0.1, 0.15) is 52.2 Å². The van der Waals surface area contributed by atoms with E-state index in [1.54, 1.807) is 10.6 Å². The minimum absolute atomic E-state index is 0.104. The van der Waals surface area contributed by atoms with Crippen molar-refractivity contribution in [2.24, 2.45) is 0 Å². The largest absolute Gasteiger partial charge is 0.478 e. The summed E-state index contributed by atoms with van der Waals surface area (Å²) in [6, 6.07) is 11.0. The van der Waals surface area contributed by atoms with Gasteiger partial charge < -0.3 is 14.8 Å². The fraction of sp³-hybridized carbons (Fsp3) is 0.261. The first-order chi connectivity index (χ1) is 14.9. The summed E-state index contributed by atoms with van der Waals surface area (Å²) in [6.07, 6.45) is 3.98. The number of hydrogen-bond acceptors (Lipinski definition) is 4. The van der Waals surface area contributed by atoms with Crippen molar-refractivity contribution in [3.05, 3.63) is 80.0 Å². The van der Waals surface area contributed by atoms with E-state index in [-0.39, 0.29) is 23.4 Å². The Bertz CT molecular complexity index is 1100. The van der Waals surface area contributed by atoms with Gasteiger partial charge in [0.15, 0.2) is 5.69 Å². The summed E-state index contributed by atoms with van der Waals surface area (Å²) in [5, 5.41) is 22.0. The van der Waals surface area contributed by atoms with Crippen molar-refractivity contribution in [3.8, 4) is 0 Å². The zero-order chi connectivity index (χ0) is 22.4. The summed E-state index contributed by atoms with van der Waals surface area (Å²) in [7, 11) is 0. The molecule has 0 unspecified atom stereocenters. The Balaban J connectivity index is 2.15. The fourth-order valence-electron chi connectivity index (χ4n) is 3.27. The monoisotopic (exact) mass is 458 g/mol. The third kappa shape index (κ3) is 5.62. The highest BCUT2D eigenvalue weighted by Crippen LogP contribution is 2.24. The molecule has 0 fully saturated rings. The van der Waals surface area contributed by atoms with Gasteiger partial charge in [-0.25, -0.2) is 14.6 Å². The minimum Gasteiger partial charge on any atom is -0.478 e. The fourth-order valence-corrected chi connectivity index (χ4v) is 4.19. The quantitative estimate of drug-likeness (QED) is 0.397. The minimum atomic E-state index is -1.19. The lowest BCUT2D eigenvalue weighted by Crippen LogP contribution is -2.10. The summed E-state index contributed by atoms with van der Waals surface area (Å²) < 4.78 is 1.78. The van der Waals surface area contributed by atoms with Crippen molar-refractivity contribution in [1.82, 2.24) is 9.55 Å². The number of unbranched alkanes of at least 4 members (excludes halogenated alkanes) is 1. The van der Waals surface area contributed by atoms with Crippen LogP contribution in [0.25, 0.3) is 6.08 Å². The van der Waals surface area contributed by atoms with Crippen LogP contribution < -0.4 is 0 Å². The van der Waals surface area contributed by atoms with E-state index in [2.05, 4.69) is 4.98 Å². The van der Waals surface area contributed by atoms with E-state index in [0.29, 0.717) is 23.8 Å². The Kier molecular flexibility index (Phi) is 7.65. The average Bonchev–Trinajstić information content (AvgIpc) is 3.36. The average molecular weight is 459 g/mol. The Hall–Kier alpha value is -2.90. The maximum atomic E-state index is 12.0. The molecule has 31 heavy (non-hydrogen) atoms. The molecule has 0 atom stereocenters. The van der Waals surface area contributed by atoms with E-state index in [9.17, 15) is 19.8 Å². The third-order valence-corrected chi connectivity index (χ3v) is 6.10. The number of aromatic carboxylic acids is 1. The van der Waals surface area contributed by atoms with Gasteiger partial charge in [0.1, 0.15) is 5.82 Å². The molecule has 0 amide bonds. The maximum Gasteiger partial charge on any atom is 0.356 e. The van der Waals surface area contributed by atoms with Gasteiger partial charge in [-0.1, -0.05) is 49.2 Å². The number of hydrogen-bond donors (Lipinski definition) is 2. The lowest BCUT2D eigenvalue weighted by atomic mass is 10.1. The van der Waals surface area contributed by atoms with E-state index in [4.69, 9.17) is 11.6 Å². The van der Waals surface area contributed by atoms with Gasteiger partial charge in [0.05, 0.1) is 12.2 Å². The zero-order valence-electron chi connectivity index (χ0n) is 17.0. The SMILES string of the molecule is CCCCc1nc(C(=O)O)c(C=C(Cc2cccs2)C(=O)O)n1Cc1ccccc1Cl. The van der Waals surface area contributed by atoms with Crippen LogP contribution in [0.2, 0.25) is 5.02 Å². The van der Waals surface area contributed by atoms with E-state index < -0.39 is 11.9 Å². The number of carboxylic acids is 2. The Labute approximate surface area is 189 Å². The molecule has 2 heterocycles. The summed E-state index contributed by atoms with van der Waals surface area (Å²) in [5.41, 5.74) is 1.03. The molecule has 0 saturated heterocycles. The maximum absolute atomic E-state index is 12.0. The van der Waals surface area contributed by atoms with Gasteiger partial charge in [-0.15, -0.1) is 11.3 Å². The highest BCUT2D eigenvalue weighted by molar-refractivity contribution is 7.09. The van der Waals surface area contributed by atoms with Crippen molar-refractivity contribution in [2.75, 3.05) is 0 Å². The van der Waals surface area contributed by atoms with Crippen LogP contribution in [0.4, 0.5) is 0 Å². The molecular weight excluding hydrogens is 436 g/mol. The molecule has 0 aliphatic rings. The second-order valence-electron chi connectivity index (χ2n) is 7.08. The van der Waals surface area contributed by atoms with Crippen molar-refractivity contribution in [3.63, 3.8) is 0 Å². The second-order valence-corrected chi connectivity index (χ2v) is 8.52. The number of benzene rings is 1. The number of nitrogens with zero attached hydrogens (tertiary/aromatic N) is 2. The van der Waals surface area contributed by atoms with Crippen molar-refractivity contribution >= 4 is 41.0 Å². The number of rotatable bonds is 10. The molecule has 3 aromatic rings. The summed E-state index contributed by atoms with van der Waals surface area (Å²) in [4.78, 5) is 29.2. The number of imidazole rings is 1. The molecule has 0 saturated carbocycles. The molecule has 1 aromatic carbocycles. The highest BCUT2D eigenvalue weighted by atomic mass is 35.5. The van der Waals surface area contributed by atoms with Gasteiger partial charge in [-0.05, 0) is 35.6 Å². The molecule has 6 nitrogen and oxygen atoms in total. The van der Waals surface area contributed by atoms with Gasteiger partial charge in [-0.3, -0.25) is 0 Å². The second kappa shape index (κ2) is 10.4. The van der Waals surface area contributed by atoms with Crippen LogP contribution in [0.5, 0.6) is 0 Å². The number of halogens is 1. The molecule has 2 N–H and O–H groups in total. The van der Waals surface area contributed by atoms with Crippen molar-refractivity contribution < 1.29 is 19.8 Å². The first-order valence-corrected chi connectivity index (χ1v) is 11.2. The Morgan fingerprint density at radius 1 is 1.19 bits per heavy atom. The molecule has 0 aliphatic heterocycles. The number of carboxylic acid groups (broad SMARTS) is 2. The summed E-state index contributed by atoms with van der Waals surface area (Å²) >= 11 is 7.80. The predicted molar refractivity (Wildman–Crippen MR) is 122 cm³/mol. The lowest BCUT2D eigenvalue weighted by Gasteiger charge is -2.12. The van der Waals surface area contributed by atoms with E-state index >= 15 is 0 Å². The molecular formula is C23H23ClN2O4S. The van der Waals surface area contributed by atoms with Gasteiger partial charge >= 0.3 is 11.9 Å². The number of carbonyl (C=O) groups is 2. The summed E-state index contributed by atoms with van der Waals surface area (Å²) in [5.74, 6) is -1.68. The molecule has 0 aliphatic carbocycles. The predicted octanol–water partition coefficient (Wildman–Crippen LogP) is 5.40. The standard InChI is InChI=1S/C23H23ClN2O4S/c1-2-3-10-20-25-21(23(29)30)19(26(20)14-15-7-4-5-9-18(15)24)13-16(22(27)28)12-17-8-6-11-31-17/h4-9,11,13H,2-3,10,12,14H2,1H3,(H,27,28)(H,29,30). The summed E-state index contributed by atoms with van der Waals surface area (Å²) in [6.45, 7) is 2.35. The molecule has 0 bridgehead atoms. The molecule has 0 spiro atoms. The van der Waals surface area contributed by atoms with Crippen molar-refractivity contribution in [2.45, 2.75) is 39.2 Å². The highest BCUT2D eigenvalue weighted by Gasteiger charge is 2.23. The van der Waals surface area contributed by atoms with E-state index in [1.165, 1.54) is 17.4 Å². The van der Waals surface area contributed by atoms with Gasteiger partial charge in [0.2, 0.25) is 0 Å². The van der Waals surface area contributed by atoms with Crippen LogP contribution in [-0.4, -0.2) is 31.7 Å². The normalized spacial score (nSPS) is 11.6. The molecule has 2 aromatic heterocycles. The first kappa shape index (κ1) is 22.8. The number of aliphatic carboxylic acids is 1. The third-order valence-electron chi connectivity index (χ3n) is 4.86. The number of aromatic nitrogens is 2. The van der Waals surface area contributed by atoms with E-state index in [1.807, 2.05) is 42.6 Å². The van der Waals surface area contributed by atoms with Crippen LogP contribution in [-0.2, 0) is 24.2 Å². The van der Waals surface area contributed by atoms with Crippen LogP contribution >= 0.6 is 22.9 Å². The number of thiophene rings is 1. The molecule has 162 valence electrons. The number of aryl methyl sites for hydroxylation is 1. The molecule has 8 heteroatoms. The topological polar surface area (TPSA) is 92.4 Å². The molecule has 0 radical (unpaired) electrons. The smallest absolute Gasteiger partial charge is 0.356 e. The van der Waals surface area contributed by atoms with Crippen LogP contribution in [0.15, 0.2) is 47.4 Å². The Morgan fingerprint density at radius 3 is 2.58 bits per heavy atom. The van der Waals surface area contributed by atoms with Gasteiger partial charge in [0, 0.05) is 28.3 Å². The van der Waals surface area contributed by atoms with Crippen LogP contribution in [0.3, 0.4) is 0 Å².